The molecule has 2 saturated carbocycles. The van der Waals surface area contributed by atoms with Gasteiger partial charge < -0.3 is 0 Å². The number of hydrogen-bond acceptors (Lipinski definition) is 4. The van der Waals surface area contributed by atoms with Crippen molar-refractivity contribution in [2.24, 2.45) is 0 Å². The maximum Gasteiger partial charge on any atom is 0.243 e. The highest BCUT2D eigenvalue weighted by Crippen LogP contribution is 2.28. The van der Waals surface area contributed by atoms with Gasteiger partial charge in [0.25, 0.3) is 0 Å². The zero-order chi connectivity index (χ0) is 18.1. The molecule has 8 heteroatoms. The summed E-state index contributed by atoms with van der Waals surface area (Å²) in [5.41, 5.74) is 0. The Labute approximate surface area is 150 Å². The standard InChI is InChI=1S/C17H26N2O4S2/c1-2-19(15-6-4-3-5-7-15)25(22,23)17-12-10-16(11-13-17)24(20,21)18-14-8-9-14/h10-15,18H,2-9H2,1H3. The van der Waals surface area contributed by atoms with E-state index < -0.39 is 20.0 Å². The Balaban J connectivity index is 1.81. The van der Waals surface area contributed by atoms with E-state index in [1.807, 2.05) is 6.92 Å². The van der Waals surface area contributed by atoms with E-state index in [9.17, 15) is 16.8 Å². The van der Waals surface area contributed by atoms with Crippen LogP contribution in [0.2, 0.25) is 0 Å². The molecule has 2 aliphatic carbocycles. The molecule has 1 aromatic carbocycles. The van der Waals surface area contributed by atoms with Gasteiger partial charge in [0.15, 0.2) is 0 Å². The molecule has 0 bridgehead atoms. The Morgan fingerprint density at radius 1 is 0.920 bits per heavy atom. The first-order valence-electron chi connectivity index (χ1n) is 8.99. The van der Waals surface area contributed by atoms with Crippen LogP contribution in [0, 0.1) is 0 Å². The predicted octanol–water partition coefficient (Wildman–Crippen LogP) is 2.47. The Bertz CT molecular complexity index is 794. The number of rotatable bonds is 7. The highest BCUT2D eigenvalue weighted by atomic mass is 32.2. The van der Waals surface area contributed by atoms with Crippen LogP contribution < -0.4 is 4.72 Å². The normalized spacial score (nSPS) is 20.1. The predicted molar refractivity (Wildman–Crippen MR) is 96.2 cm³/mol. The van der Waals surface area contributed by atoms with Crippen molar-refractivity contribution in [2.45, 2.75) is 73.7 Å². The van der Waals surface area contributed by atoms with Crippen LogP contribution >= 0.6 is 0 Å². The van der Waals surface area contributed by atoms with Crippen LogP contribution in [0.15, 0.2) is 34.1 Å². The Morgan fingerprint density at radius 3 is 2.00 bits per heavy atom. The third-order valence-corrected chi connectivity index (χ3v) is 8.51. The third kappa shape index (κ3) is 4.24. The molecule has 140 valence electrons. The molecule has 0 saturated heterocycles. The molecule has 3 rings (SSSR count). The second kappa shape index (κ2) is 7.34. The van der Waals surface area contributed by atoms with Crippen LogP contribution in [-0.4, -0.2) is 39.8 Å². The lowest BCUT2D eigenvalue weighted by molar-refractivity contribution is 0.261. The highest BCUT2D eigenvalue weighted by molar-refractivity contribution is 7.89. The zero-order valence-electron chi connectivity index (χ0n) is 14.5. The van der Waals surface area contributed by atoms with E-state index in [0.717, 1.165) is 44.9 Å². The second-order valence-electron chi connectivity index (χ2n) is 6.87. The summed E-state index contributed by atoms with van der Waals surface area (Å²) in [6.07, 6.45) is 6.78. The topological polar surface area (TPSA) is 83.6 Å². The Hall–Kier alpha value is -0.960. The summed E-state index contributed by atoms with van der Waals surface area (Å²) in [6, 6.07) is 5.64. The molecule has 2 aliphatic rings. The molecule has 1 N–H and O–H groups in total. The van der Waals surface area contributed by atoms with E-state index in [2.05, 4.69) is 4.72 Å². The van der Waals surface area contributed by atoms with Gasteiger partial charge in [0.1, 0.15) is 0 Å². The first kappa shape index (κ1) is 18.8. The zero-order valence-corrected chi connectivity index (χ0v) is 16.2. The molecular weight excluding hydrogens is 360 g/mol. The number of sulfonamides is 2. The highest BCUT2D eigenvalue weighted by Gasteiger charge is 2.32. The van der Waals surface area contributed by atoms with Crippen LogP contribution in [0.25, 0.3) is 0 Å². The Morgan fingerprint density at radius 2 is 1.48 bits per heavy atom. The largest absolute Gasteiger partial charge is 0.243 e. The summed E-state index contributed by atoms with van der Waals surface area (Å²) in [4.78, 5) is 0.268. The smallest absolute Gasteiger partial charge is 0.208 e. The first-order valence-corrected chi connectivity index (χ1v) is 11.9. The fourth-order valence-electron chi connectivity index (χ4n) is 3.41. The fourth-order valence-corrected chi connectivity index (χ4v) is 6.41. The van der Waals surface area contributed by atoms with Gasteiger partial charge >= 0.3 is 0 Å². The molecule has 0 aromatic heterocycles. The fraction of sp³-hybridized carbons (Fsp3) is 0.647. The maximum absolute atomic E-state index is 13.0. The molecule has 0 aliphatic heterocycles. The van der Waals surface area contributed by atoms with Crippen molar-refractivity contribution in [2.75, 3.05) is 6.54 Å². The molecule has 0 unspecified atom stereocenters. The minimum absolute atomic E-state index is 0.0234. The lowest BCUT2D eigenvalue weighted by Crippen LogP contribution is -2.41. The van der Waals surface area contributed by atoms with Crippen LogP contribution in [0.5, 0.6) is 0 Å². The summed E-state index contributed by atoms with van der Waals surface area (Å²) in [7, 11) is -7.17. The SMILES string of the molecule is CCN(C1CCCCC1)S(=O)(=O)c1ccc(S(=O)(=O)NC2CC2)cc1. The average molecular weight is 387 g/mol. The van der Waals surface area contributed by atoms with E-state index >= 15 is 0 Å². The third-order valence-electron chi connectivity index (χ3n) is 4.93. The van der Waals surface area contributed by atoms with E-state index in [1.165, 1.54) is 24.3 Å². The van der Waals surface area contributed by atoms with Gasteiger partial charge in [-0.25, -0.2) is 21.6 Å². The van der Waals surface area contributed by atoms with Crippen molar-refractivity contribution >= 4 is 20.0 Å². The van der Waals surface area contributed by atoms with E-state index in [0.29, 0.717) is 6.54 Å². The van der Waals surface area contributed by atoms with Gasteiger partial charge in [-0.2, -0.15) is 4.31 Å². The summed E-state index contributed by atoms with van der Waals surface area (Å²) < 4.78 is 54.5. The van der Waals surface area contributed by atoms with Gasteiger partial charge in [-0.3, -0.25) is 0 Å². The molecule has 0 amide bonds. The van der Waals surface area contributed by atoms with Crippen LogP contribution in [0.3, 0.4) is 0 Å². The van der Waals surface area contributed by atoms with Crippen molar-refractivity contribution in [3.63, 3.8) is 0 Å². The minimum Gasteiger partial charge on any atom is -0.208 e. The van der Waals surface area contributed by atoms with Gasteiger partial charge in [-0.05, 0) is 49.9 Å². The summed E-state index contributed by atoms with van der Waals surface area (Å²) in [6.45, 7) is 2.28. The maximum atomic E-state index is 13.0. The van der Waals surface area contributed by atoms with Gasteiger partial charge in [0, 0.05) is 18.6 Å². The first-order chi connectivity index (χ1) is 11.8. The molecule has 0 atom stereocenters. The minimum atomic E-state index is -3.61. The molecule has 25 heavy (non-hydrogen) atoms. The number of benzene rings is 1. The lowest BCUT2D eigenvalue weighted by atomic mass is 9.95. The van der Waals surface area contributed by atoms with Gasteiger partial charge in [0.2, 0.25) is 20.0 Å². The molecule has 0 radical (unpaired) electrons. The molecular formula is C17H26N2O4S2. The Kier molecular flexibility index (Phi) is 5.53. The monoisotopic (exact) mass is 386 g/mol. The summed E-state index contributed by atoms with van der Waals surface area (Å²) in [5, 5.41) is 0. The number of nitrogens with one attached hydrogen (secondary N) is 1. The lowest BCUT2D eigenvalue weighted by Gasteiger charge is -2.32. The van der Waals surface area contributed by atoms with Crippen molar-refractivity contribution in [1.82, 2.24) is 9.03 Å². The van der Waals surface area contributed by atoms with Crippen molar-refractivity contribution < 1.29 is 16.8 Å². The van der Waals surface area contributed by atoms with Crippen LogP contribution in [0.1, 0.15) is 51.9 Å². The summed E-state index contributed by atoms with van der Waals surface area (Å²) >= 11 is 0. The van der Waals surface area contributed by atoms with E-state index in [-0.39, 0.29) is 21.9 Å². The molecule has 1 aromatic rings. The van der Waals surface area contributed by atoms with E-state index in [1.54, 1.807) is 4.31 Å². The average Bonchev–Trinajstić information content (AvgIpc) is 3.40. The molecule has 6 nitrogen and oxygen atoms in total. The van der Waals surface area contributed by atoms with Crippen LogP contribution in [0.4, 0.5) is 0 Å². The van der Waals surface area contributed by atoms with Crippen molar-refractivity contribution in [1.29, 1.82) is 0 Å². The van der Waals surface area contributed by atoms with Crippen molar-refractivity contribution in [3.8, 4) is 0 Å². The quantitative estimate of drug-likeness (QED) is 0.780. The second-order valence-corrected chi connectivity index (χ2v) is 10.5. The number of nitrogens with zero attached hydrogens (tertiary/aromatic N) is 1. The summed E-state index contributed by atoms with van der Waals surface area (Å²) in [5.74, 6) is 0. The van der Waals surface area contributed by atoms with Gasteiger partial charge in [0.05, 0.1) is 9.79 Å². The molecule has 0 spiro atoms. The molecule has 2 fully saturated rings. The van der Waals surface area contributed by atoms with Crippen molar-refractivity contribution in [3.05, 3.63) is 24.3 Å². The number of hydrogen-bond donors (Lipinski definition) is 1. The van der Waals surface area contributed by atoms with Crippen LogP contribution in [-0.2, 0) is 20.0 Å². The van der Waals surface area contributed by atoms with E-state index in [4.69, 9.17) is 0 Å². The molecule has 0 heterocycles. The van der Waals surface area contributed by atoms with Gasteiger partial charge in [-0.15, -0.1) is 0 Å². The van der Waals surface area contributed by atoms with Gasteiger partial charge in [-0.1, -0.05) is 26.2 Å².